The van der Waals surface area contributed by atoms with Gasteiger partial charge in [-0.25, -0.2) is 0 Å². The predicted molar refractivity (Wildman–Crippen MR) is 115 cm³/mol. The van der Waals surface area contributed by atoms with Gasteiger partial charge in [-0.2, -0.15) is 0 Å². The smallest absolute Gasteiger partial charge is 0.185 e. The number of hydrogen-bond acceptors (Lipinski definition) is 4. The van der Waals surface area contributed by atoms with Gasteiger partial charge in [0.2, 0.25) is 0 Å². The van der Waals surface area contributed by atoms with Crippen molar-refractivity contribution in [3.05, 3.63) is 107 Å². The van der Waals surface area contributed by atoms with Crippen molar-refractivity contribution in [3.8, 4) is 0 Å². The van der Waals surface area contributed by atoms with Gasteiger partial charge in [-0.05, 0) is 53.6 Å². The third-order valence-corrected chi connectivity index (χ3v) is 4.11. The van der Waals surface area contributed by atoms with Crippen molar-refractivity contribution in [2.24, 2.45) is 0 Å². The summed E-state index contributed by atoms with van der Waals surface area (Å²) in [5, 5.41) is 0. The number of ketones is 2. The lowest BCUT2D eigenvalue weighted by molar-refractivity contribution is 0.104. The standard InChI is InChI=1S/C24H20N2O2/c25-21-8-2-6-19(15-21)23(27)12-10-17-4-1-5-18(14-17)11-13-24(28)20-7-3-9-22(26)16-20/h1-16H,25-26H2. The molecular formula is C24H20N2O2. The Hall–Kier alpha value is -3.92. The van der Waals surface area contributed by atoms with Crippen LogP contribution in [-0.2, 0) is 0 Å². The minimum absolute atomic E-state index is 0.120. The van der Waals surface area contributed by atoms with Crippen molar-refractivity contribution in [1.82, 2.24) is 0 Å². The molecule has 0 saturated heterocycles. The Balaban J connectivity index is 1.71. The van der Waals surface area contributed by atoms with Crippen molar-refractivity contribution in [3.63, 3.8) is 0 Å². The fourth-order valence-electron chi connectivity index (χ4n) is 2.69. The molecule has 0 aliphatic rings. The number of nitrogen functional groups attached to an aromatic ring is 2. The largest absolute Gasteiger partial charge is 0.399 e. The maximum atomic E-state index is 12.2. The van der Waals surface area contributed by atoms with Crippen LogP contribution in [0.25, 0.3) is 12.2 Å². The van der Waals surface area contributed by atoms with E-state index in [1.807, 2.05) is 24.3 Å². The van der Waals surface area contributed by atoms with E-state index in [0.717, 1.165) is 11.1 Å². The van der Waals surface area contributed by atoms with E-state index in [1.165, 1.54) is 12.2 Å². The first-order valence-electron chi connectivity index (χ1n) is 8.77. The monoisotopic (exact) mass is 368 g/mol. The highest BCUT2D eigenvalue weighted by atomic mass is 16.1. The molecule has 28 heavy (non-hydrogen) atoms. The van der Waals surface area contributed by atoms with Gasteiger partial charge in [0.25, 0.3) is 0 Å². The molecule has 0 aromatic heterocycles. The van der Waals surface area contributed by atoms with Gasteiger partial charge in [0.15, 0.2) is 11.6 Å². The van der Waals surface area contributed by atoms with Crippen molar-refractivity contribution in [2.75, 3.05) is 11.5 Å². The summed E-state index contributed by atoms with van der Waals surface area (Å²) in [6, 6.07) is 21.3. The van der Waals surface area contributed by atoms with E-state index in [4.69, 9.17) is 11.5 Å². The Kier molecular flexibility index (Phi) is 5.82. The van der Waals surface area contributed by atoms with Crippen LogP contribution < -0.4 is 11.5 Å². The second-order valence-corrected chi connectivity index (χ2v) is 6.32. The summed E-state index contributed by atoms with van der Waals surface area (Å²) >= 11 is 0. The summed E-state index contributed by atoms with van der Waals surface area (Å²) in [6.07, 6.45) is 6.50. The lowest BCUT2D eigenvalue weighted by Gasteiger charge is -2.00. The first-order chi connectivity index (χ1) is 13.5. The van der Waals surface area contributed by atoms with Crippen LogP contribution in [0.3, 0.4) is 0 Å². The molecule has 4 N–H and O–H groups in total. The van der Waals surface area contributed by atoms with Crippen molar-refractivity contribution in [2.45, 2.75) is 0 Å². The van der Waals surface area contributed by atoms with Gasteiger partial charge in [0.1, 0.15) is 0 Å². The summed E-state index contributed by atoms with van der Waals surface area (Å²) in [6.45, 7) is 0. The average Bonchev–Trinajstić information content (AvgIpc) is 2.70. The van der Waals surface area contributed by atoms with Crippen LogP contribution in [0, 0.1) is 0 Å². The van der Waals surface area contributed by atoms with Gasteiger partial charge >= 0.3 is 0 Å². The molecule has 0 saturated carbocycles. The zero-order valence-electron chi connectivity index (χ0n) is 15.2. The third-order valence-electron chi connectivity index (χ3n) is 4.11. The number of allylic oxidation sites excluding steroid dienone is 2. The molecule has 138 valence electrons. The average molecular weight is 368 g/mol. The third kappa shape index (κ3) is 5.05. The number of rotatable bonds is 6. The quantitative estimate of drug-likeness (QED) is 0.377. The Labute approximate surface area is 163 Å². The van der Waals surface area contributed by atoms with Crippen LogP contribution >= 0.6 is 0 Å². The number of benzene rings is 3. The molecular weight excluding hydrogens is 348 g/mol. The zero-order chi connectivity index (χ0) is 19.9. The summed E-state index contributed by atoms with van der Waals surface area (Å²) in [4.78, 5) is 24.5. The van der Waals surface area contributed by atoms with Crippen molar-refractivity contribution >= 4 is 35.1 Å². The molecule has 0 unspecified atom stereocenters. The van der Waals surface area contributed by atoms with Gasteiger partial charge in [-0.3, -0.25) is 9.59 Å². The molecule has 0 atom stereocenters. The maximum absolute atomic E-state index is 12.2. The molecule has 0 heterocycles. The molecule has 0 spiro atoms. The van der Waals surface area contributed by atoms with Crippen molar-refractivity contribution in [1.29, 1.82) is 0 Å². The van der Waals surface area contributed by atoms with Gasteiger partial charge < -0.3 is 11.5 Å². The Bertz CT molecular complexity index is 998. The first-order valence-corrected chi connectivity index (χ1v) is 8.77. The highest BCUT2D eigenvalue weighted by molar-refractivity contribution is 6.08. The minimum atomic E-state index is -0.120. The zero-order valence-corrected chi connectivity index (χ0v) is 15.2. The van der Waals surface area contributed by atoms with Crippen molar-refractivity contribution < 1.29 is 9.59 Å². The van der Waals surface area contributed by atoms with Gasteiger partial charge in [0, 0.05) is 22.5 Å². The number of carbonyl (C=O) groups excluding carboxylic acids is 2. The SMILES string of the molecule is Nc1cccc(C(=O)C=Cc2cccc(C=CC(=O)c3cccc(N)c3)c2)c1. The van der Waals surface area contributed by atoms with Crippen LogP contribution in [0.2, 0.25) is 0 Å². The number of carbonyl (C=O) groups is 2. The maximum Gasteiger partial charge on any atom is 0.185 e. The summed E-state index contributed by atoms with van der Waals surface area (Å²) in [7, 11) is 0. The highest BCUT2D eigenvalue weighted by Crippen LogP contribution is 2.13. The number of nitrogens with two attached hydrogens (primary N) is 2. The number of anilines is 2. The van der Waals surface area contributed by atoms with Gasteiger partial charge in [0.05, 0.1) is 0 Å². The molecule has 0 fully saturated rings. The molecule has 4 nitrogen and oxygen atoms in total. The minimum Gasteiger partial charge on any atom is -0.399 e. The molecule has 3 aromatic rings. The van der Waals surface area contributed by atoms with E-state index in [0.29, 0.717) is 22.5 Å². The molecule has 3 aromatic carbocycles. The molecule has 3 rings (SSSR count). The lowest BCUT2D eigenvalue weighted by atomic mass is 10.1. The van der Waals surface area contributed by atoms with E-state index < -0.39 is 0 Å². The fraction of sp³-hybridized carbons (Fsp3) is 0. The van der Waals surface area contributed by atoms with Crippen LogP contribution in [0.4, 0.5) is 11.4 Å². The lowest BCUT2D eigenvalue weighted by Crippen LogP contribution is -1.96. The van der Waals surface area contributed by atoms with Gasteiger partial charge in [-0.15, -0.1) is 0 Å². The topological polar surface area (TPSA) is 86.2 Å². The van der Waals surface area contributed by atoms with Crippen LogP contribution in [0.5, 0.6) is 0 Å². The molecule has 0 radical (unpaired) electrons. The van der Waals surface area contributed by atoms with E-state index >= 15 is 0 Å². The Morgan fingerprint density at radius 2 is 1.04 bits per heavy atom. The normalized spacial score (nSPS) is 11.1. The second kappa shape index (κ2) is 8.64. The molecule has 0 aliphatic heterocycles. The van der Waals surface area contributed by atoms with E-state index in [-0.39, 0.29) is 11.6 Å². The molecule has 0 amide bonds. The highest BCUT2D eigenvalue weighted by Gasteiger charge is 2.03. The Morgan fingerprint density at radius 1 is 0.607 bits per heavy atom. The Morgan fingerprint density at radius 3 is 1.46 bits per heavy atom. The van der Waals surface area contributed by atoms with E-state index in [1.54, 1.807) is 60.7 Å². The first kappa shape index (κ1) is 18.9. The van der Waals surface area contributed by atoms with Gasteiger partial charge in [-0.1, -0.05) is 54.6 Å². The van der Waals surface area contributed by atoms with Crippen LogP contribution in [-0.4, -0.2) is 11.6 Å². The molecule has 4 heteroatoms. The summed E-state index contributed by atoms with van der Waals surface area (Å²) < 4.78 is 0. The van der Waals surface area contributed by atoms with Crippen LogP contribution in [0.1, 0.15) is 31.8 Å². The summed E-state index contributed by atoms with van der Waals surface area (Å²) in [5.74, 6) is -0.241. The number of hydrogen-bond donors (Lipinski definition) is 2. The van der Waals surface area contributed by atoms with E-state index in [2.05, 4.69) is 0 Å². The predicted octanol–water partition coefficient (Wildman–Crippen LogP) is 4.64. The molecule has 0 aliphatic carbocycles. The van der Waals surface area contributed by atoms with E-state index in [9.17, 15) is 9.59 Å². The second-order valence-electron chi connectivity index (χ2n) is 6.32. The summed E-state index contributed by atoms with van der Waals surface area (Å²) in [5.41, 5.74) is 15.3. The molecule has 0 bridgehead atoms. The fourth-order valence-corrected chi connectivity index (χ4v) is 2.69. The van der Waals surface area contributed by atoms with Crippen LogP contribution in [0.15, 0.2) is 84.9 Å².